The summed E-state index contributed by atoms with van der Waals surface area (Å²) in [6.07, 6.45) is 2.49. The quantitative estimate of drug-likeness (QED) is 0.323. The minimum atomic E-state index is -0.251. The van der Waals surface area contributed by atoms with E-state index in [4.69, 9.17) is 16.6 Å². The monoisotopic (exact) mass is 443 g/mol. The predicted octanol–water partition coefficient (Wildman–Crippen LogP) is 6.38. The Morgan fingerprint density at radius 1 is 1.00 bits per heavy atom. The van der Waals surface area contributed by atoms with Gasteiger partial charge in [0.1, 0.15) is 11.6 Å². The molecular weight excluding hydrogens is 425 g/mol. The third kappa shape index (κ3) is 3.10. The molecule has 158 valence electrons. The van der Waals surface area contributed by atoms with Crippen LogP contribution in [0.1, 0.15) is 24.3 Å². The van der Waals surface area contributed by atoms with Crippen LogP contribution in [0.15, 0.2) is 66.7 Å². The van der Waals surface area contributed by atoms with Gasteiger partial charge in [-0.3, -0.25) is 0 Å². The van der Waals surface area contributed by atoms with Crippen molar-refractivity contribution in [3.63, 3.8) is 0 Å². The lowest BCUT2D eigenvalue weighted by molar-refractivity contribution is 0.631. The summed E-state index contributed by atoms with van der Waals surface area (Å²) in [4.78, 5) is 6.64. The average molecular weight is 444 g/mol. The lowest BCUT2D eigenvalue weighted by Gasteiger charge is -2.21. The van der Waals surface area contributed by atoms with E-state index in [1.54, 1.807) is 10.5 Å². The molecule has 0 radical (unpaired) electrons. The maximum absolute atomic E-state index is 14.8. The van der Waals surface area contributed by atoms with Gasteiger partial charge >= 0.3 is 0 Å². The molecule has 2 aromatic heterocycles. The molecule has 1 aliphatic carbocycles. The van der Waals surface area contributed by atoms with Crippen LogP contribution in [-0.2, 0) is 0 Å². The second-order valence-corrected chi connectivity index (χ2v) is 8.51. The first-order valence-electron chi connectivity index (χ1n) is 10.5. The van der Waals surface area contributed by atoms with Crippen molar-refractivity contribution in [2.75, 3.05) is 11.9 Å². The molecule has 5 aromatic rings. The first-order chi connectivity index (χ1) is 15.6. The van der Waals surface area contributed by atoms with E-state index < -0.39 is 0 Å². The van der Waals surface area contributed by atoms with Gasteiger partial charge < -0.3 is 4.90 Å². The Bertz CT molecular complexity index is 1470. The number of rotatable bonds is 4. The molecule has 7 heteroatoms. The molecule has 5 nitrogen and oxygen atoms in total. The highest BCUT2D eigenvalue weighted by atomic mass is 35.5. The molecule has 3 aromatic carbocycles. The topological polar surface area (TPSA) is 46.3 Å². The molecule has 32 heavy (non-hydrogen) atoms. The van der Waals surface area contributed by atoms with Crippen molar-refractivity contribution in [3.8, 4) is 11.1 Å². The molecule has 0 N–H and O–H groups in total. The van der Waals surface area contributed by atoms with Crippen LogP contribution in [0, 0.1) is 5.82 Å². The number of benzene rings is 3. The van der Waals surface area contributed by atoms with E-state index in [0.29, 0.717) is 23.1 Å². The van der Waals surface area contributed by atoms with Gasteiger partial charge in [-0.25, -0.2) is 8.79 Å². The fraction of sp³-hybridized carbons (Fsp3) is 0.160. The fourth-order valence-electron chi connectivity index (χ4n) is 4.22. The van der Waals surface area contributed by atoms with Crippen LogP contribution in [0.2, 0.25) is 5.28 Å². The first kappa shape index (κ1) is 19.2. The van der Waals surface area contributed by atoms with Gasteiger partial charge in [0.05, 0.1) is 5.52 Å². The maximum atomic E-state index is 14.8. The summed E-state index contributed by atoms with van der Waals surface area (Å²) in [6.45, 7) is 0. The minimum absolute atomic E-state index is 0.251. The molecule has 0 saturated heterocycles. The Morgan fingerprint density at radius 3 is 2.56 bits per heavy atom. The summed E-state index contributed by atoms with van der Waals surface area (Å²) >= 11 is 6.24. The van der Waals surface area contributed by atoms with E-state index in [1.807, 2.05) is 54.4 Å². The summed E-state index contributed by atoms with van der Waals surface area (Å²) < 4.78 is 16.5. The smallest absolute Gasteiger partial charge is 0.258 e. The van der Waals surface area contributed by atoms with Crippen molar-refractivity contribution in [3.05, 3.63) is 83.4 Å². The number of nitrogens with zero attached hydrogens (tertiary/aromatic N) is 5. The molecule has 1 aliphatic rings. The fourth-order valence-corrected chi connectivity index (χ4v) is 4.43. The van der Waals surface area contributed by atoms with Crippen molar-refractivity contribution in [2.45, 2.75) is 18.8 Å². The lowest BCUT2D eigenvalue weighted by atomic mass is 10.0. The molecule has 2 heterocycles. The van der Waals surface area contributed by atoms with E-state index >= 15 is 0 Å². The SMILES string of the molecule is CN(c1ccc(F)c(-c2ccc(C3CC3)cc2)c1)c1nc2nnc(Cl)n2c2ccccc12. The minimum Gasteiger partial charge on any atom is -0.329 e. The summed E-state index contributed by atoms with van der Waals surface area (Å²) in [5.41, 5.74) is 4.43. The molecular formula is C25H19ClFN5. The Hall–Kier alpha value is -3.51. The van der Waals surface area contributed by atoms with E-state index in [9.17, 15) is 4.39 Å². The Balaban J connectivity index is 1.46. The second kappa shape index (κ2) is 7.28. The first-order valence-corrected chi connectivity index (χ1v) is 10.9. The Morgan fingerprint density at radius 2 is 1.78 bits per heavy atom. The number of halogens is 2. The third-order valence-corrected chi connectivity index (χ3v) is 6.37. The van der Waals surface area contributed by atoms with Crippen molar-refractivity contribution in [1.82, 2.24) is 19.6 Å². The van der Waals surface area contributed by atoms with Crippen molar-refractivity contribution in [2.24, 2.45) is 0 Å². The van der Waals surface area contributed by atoms with Crippen LogP contribution in [0.4, 0.5) is 15.9 Å². The summed E-state index contributed by atoms with van der Waals surface area (Å²) in [5, 5.41) is 9.20. The van der Waals surface area contributed by atoms with Crippen LogP contribution in [0.3, 0.4) is 0 Å². The molecule has 0 aliphatic heterocycles. The lowest BCUT2D eigenvalue weighted by Crippen LogP contribution is -2.13. The zero-order valence-electron chi connectivity index (χ0n) is 17.3. The number of aromatic nitrogens is 4. The summed E-state index contributed by atoms with van der Waals surface area (Å²) in [6, 6.07) is 21.2. The second-order valence-electron chi connectivity index (χ2n) is 8.18. The van der Waals surface area contributed by atoms with Crippen LogP contribution >= 0.6 is 11.6 Å². The van der Waals surface area contributed by atoms with Gasteiger partial charge in [0, 0.05) is 23.7 Å². The zero-order valence-corrected chi connectivity index (χ0v) is 18.1. The van der Waals surface area contributed by atoms with Gasteiger partial charge in [0.25, 0.3) is 5.78 Å². The number of anilines is 2. The normalized spacial score (nSPS) is 13.7. The molecule has 0 amide bonds. The highest BCUT2D eigenvalue weighted by Crippen LogP contribution is 2.41. The number of para-hydroxylation sites is 1. The molecule has 6 rings (SSSR count). The number of hydrogen-bond acceptors (Lipinski definition) is 4. The standard InChI is InChI=1S/C25H19ClFN5/c1-31(23-19-4-2-3-5-22(19)32-24(26)29-30-25(32)28-23)18-12-13-21(27)20(14-18)17-10-8-16(9-11-17)15-6-7-15/h2-5,8-15H,6-7H2,1H3. The van der Waals surface area contributed by atoms with Gasteiger partial charge in [0.15, 0.2) is 0 Å². The van der Waals surface area contributed by atoms with Crippen molar-refractivity contribution >= 4 is 39.8 Å². The predicted molar refractivity (Wildman–Crippen MR) is 125 cm³/mol. The van der Waals surface area contributed by atoms with Gasteiger partial charge in [-0.05, 0) is 71.8 Å². The average Bonchev–Trinajstić information content (AvgIpc) is 3.61. The zero-order chi connectivity index (χ0) is 21.8. The third-order valence-electron chi connectivity index (χ3n) is 6.12. The van der Waals surface area contributed by atoms with Crippen molar-refractivity contribution < 1.29 is 4.39 Å². The maximum Gasteiger partial charge on any atom is 0.258 e. The van der Waals surface area contributed by atoms with Crippen LogP contribution in [0.25, 0.3) is 27.8 Å². The van der Waals surface area contributed by atoms with E-state index in [0.717, 1.165) is 22.2 Å². The van der Waals surface area contributed by atoms with Gasteiger partial charge in [-0.2, -0.15) is 4.98 Å². The van der Waals surface area contributed by atoms with Crippen LogP contribution in [-0.4, -0.2) is 26.6 Å². The van der Waals surface area contributed by atoms with Crippen molar-refractivity contribution in [1.29, 1.82) is 0 Å². The Labute approximate surface area is 189 Å². The number of fused-ring (bicyclic) bond motifs is 3. The molecule has 0 unspecified atom stereocenters. The van der Waals surface area contributed by atoms with Gasteiger partial charge in [-0.1, -0.05) is 36.4 Å². The van der Waals surface area contributed by atoms with E-state index in [2.05, 4.69) is 22.3 Å². The van der Waals surface area contributed by atoms with Crippen LogP contribution < -0.4 is 4.90 Å². The molecule has 0 atom stereocenters. The Kier molecular flexibility index (Phi) is 4.36. The van der Waals surface area contributed by atoms with E-state index in [1.165, 1.54) is 24.5 Å². The van der Waals surface area contributed by atoms with Gasteiger partial charge in [0.2, 0.25) is 5.28 Å². The highest BCUT2D eigenvalue weighted by molar-refractivity contribution is 6.29. The largest absolute Gasteiger partial charge is 0.329 e. The van der Waals surface area contributed by atoms with Crippen LogP contribution in [0.5, 0.6) is 0 Å². The molecule has 1 fully saturated rings. The molecule has 1 saturated carbocycles. The van der Waals surface area contributed by atoms with E-state index in [-0.39, 0.29) is 11.1 Å². The molecule has 0 bridgehead atoms. The molecule has 0 spiro atoms. The number of hydrogen-bond donors (Lipinski definition) is 0. The summed E-state index contributed by atoms with van der Waals surface area (Å²) in [5.74, 6) is 1.53. The van der Waals surface area contributed by atoms with Gasteiger partial charge in [-0.15, -0.1) is 10.2 Å². The summed E-state index contributed by atoms with van der Waals surface area (Å²) in [7, 11) is 1.91. The highest BCUT2D eigenvalue weighted by Gasteiger charge is 2.23.